The number of benzene rings is 1. The van der Waals surface area contributed by atoms with Gasteiger partial charge in [0.1, 0.15) is 0 Å². The number of nitrogens with zero attached hydrogens (tertiary/aromatic N) is 1. The Morgan fingerprint density at radius 1 is 1.30 bits per heavy atom. The molecule has 23 heavy (non-hydrogen) atoms. The van der Waals surface area contributed by atoms with Crippen molar-refractivity contribution in [3.63, 3.8) is 0 Å². The third kappa shape index (κ3) is 5.34. The Morgan fingerprint density at radius 2 is 2.00 bits per heavy atom. The van der Waals surface area contributed by atoms with E-state index in [0.29, 0.717) is 16.7 Å². The van der Waals surface area contributed by atoms with Crippen LogP contribution in [0, 0.1) is 0 Å². The normalized spacial score (nSPS) is 11.1. The lowest BCUT2D eigenvalue weighted by atomic mass is 10.0. The van der Waals surface area contributed by atoms with Crippen LogP contribution in [0.5, 0.6) is 0 Å². The molecule has 0 aliphatic carbocycles. The molecule has 0 aliphatic rings. The first kappa shape index (κ1) is 16.9. The minimum absolute atomic E-state index is 0.148. The molecule has 1 heterocycles. The lowest BCUT2D eigenvalue weighted by Gasteiger charge is -2.04. The van der Waals surface area contributed by atoms with Gasteiger partial charge in [0.15, 0.2) is 5.13 Å². The van der Waals surface area contributed by atoms with Gasteiger partial charge in [-0.3, -0.25) is 14.9 Å². The highest BCUT2D eigenvalue weighted by Crippen LogP contribution is 2.17. The van der Waals surface area contributed by atoms with Crippen LogP contribution in [-0.4, -0.2) is 22.0 Å². The molecule has 2 N–H and O–H groups in total. The number of aliphatic carboxylic acids is 1. The summed E-state index contributed by atoms with van der Waals surface area (Å²) in [5.41, 5.74) is 2.63. The van der Waals surface area contributed by atoms with Crippen LogP contribution in [0.25, 0.3) is 6.08 Å². The quantitative estimate of drug-likeness (QED) is 0.794. The number of anilines is 1. The Bertz CT molecular complexity index is 718. The first-order chi connectivity index (χ1) is 10.9. The number of rotatable bonds is 6. The highest BCUT2D eigenvalue weighted by molar-refractivity contribution is 7.14. The molecule has 2 aromatic rings. The minimum atomic E-state index is -0.946. The van der Waals surface area contributed by atoms with Crippen LogP contribution < -0.4 is 5.32 Å². The fraction of sp³-hybridized carbons (Fsp3) is 0.235. The van der Waals surface area contributed by atoms with E-state index in [2.05, 4.69) is 24.1 Å². The third-order valence-corrected chi connectivity index (χ3v) is 3.95. The van der Waals surface area contributed by atoms with Gasteiger partial charge >= 0.3 is 5.97 Å². The van der Waals surface area contributed by atoms with E-state index in [1.54, 1.807) is 11.5 Å². The van der Waals surface area contributed by atoms with Gasteiger partial charge in [-0.1, -0.05) is 38.1 Å². The van der Waals surface area contributed by atoms with Gasteiger partial charge in [-0.15, -0.1) is 11.3 Å². The molecule has 1 aromatic heterocycles. The largest absolute Gasteiger partial charge is 0.481 e. The maximum Gasteiger partial charge on any atom is 0.309 e. The SMILES string of the molecule is CC(C)c1ccc(/C=C/C(=O)Nc2nc(CC(=O)O)cs2)cc1. The van der Waals surface area contributed by atoms with Crippen LogP contribution in [0.3, 0.4) is 0 Å². The van der Waals surface area contributed by atoms with Gasteiger partial charge in [-0.2, -0.15) is 0 Å². The average Bonchev–Trinajstić information content (AvgIpc) is 2.91. The third-order valence-electron chi connectivity index (χ3n) is 3.14. The van der Waals surface area contributed by atoms with Crippen molar-refractivity contribution in [3.8, 4) is 0 Å². The maximum atomic E-state index is 11.8. The van der Waals surface area contributed by atoms with Crippen molar-refractivity contribution < 1.29 is 14.7 Å². The molecule has 0 fully saturated rings. The number of carbonyl (C=O) groups excluding carboxylic acids is 1. The molecule has 0 bridgehead atoms. The van der Waals surface area contributed by atoms with Gasteiger partial charge in [0.2, 0.25) is 5.91 Å². The number of hydrogen-bond acceptors (Lipinski definition) is 4. The number of hydrogen-bond donors (Lipinski definition) is 2. The van der Waals surface area contributed by atoms with E-state index in [0.717, 1.165) is 5.56 Å². The molecule has 1 aromatic carbocycles. The van der Waals surface area contributed by atoms with Crippen molar-refractivity contribution in [1.29, 1.82) is 0 Å². The summed E-state index contributed by atoms with van der Waals surface area (Å²) >= 11 is 1.21. The van der Waals surface area contributed by atoms with Gasteiger partial charge < -0.3 is 5.11 Å². The molecule has 5 nitrogen and oxygen atoms in total. The molecule has 0 aliphatic heterocycles. The maximum absolute atomic E-state index is 11.8. The summed E-state index contributed by atoms with van der Waals surface area (Å²) in [6.45, 7) is 4.26. The Labute approximate surface area is 138 Å². The Kier molecular flexibility index (Phi) is 5.65. The van der Waals surface area contributed by atoms with Crippen LogP contribution in [0.4, 0.5) is 5.13 Å². The second-order valence-corrected chi connectivity index (χ2v) is 6.22. The lowest BCUT2D eigenvalue weighted by molar-refractivity contribution is -0.136. The summed E-state index contributed by atoms with van der Waals surface area (Å²) in [5.74, 6) is -0.770. The van der Waals surface area contributed by atoms with Crippen LogP contribution in [0.1, 0.15) is 36.6 Å². The zero-order valence-electron chi connectivity index (χ0n) is 12.9. The van der Waals surface area contributed by atoms with Gasteiger partial charge in [0.05, 0.1) is 12.1 Å². The molecule has 0 radical (unpaired) electrons. The summed E-state index contributed by atoms with van der Waals surface area (Å²) < 4.78 is 0. The molecule has 0 atom stereocenters. The van der Waals surface area contributed by atoms with E-state index >= 15 is 0 Å². The fourth-order valence-corrected chi connectivity index (χ4v) is 2.62. The monoisotopic (exact) mass is 330 g/mol. The van der Waals surface area contributed by atoms with E-state index < -0.39 is 5.97 Å². The van der Waals surface area contributed by atoms with Crippen LogP contribution in [0.2, 0.25) is 0 Å². The van der Waals surface area contributed by atoms with Gasteiger partial charge in [-0.25, -0.2) is 4.98 Å². The van der Waals surface area contributed by atoms with Crippen LogP contribution in [-0.2, 0) is 16.0 Å². The predicted octanol–water partition coefficient (Wildman–Crippen LogP) is 3.55. The van der Waals surface area contributed by atoms with E-state index in [-0.39, 0.29) is 12.3 Å². The molecule has 0 saturated heterocycles. The number of amides is 1. The highest BCUT2D eigenvalue weighted by atomic mass is 32.1. The van der Waals surface area contributed by atoms with Gasteiger partial charge in [0, 0.05) is 11.5 Å². The van der Waals surface area contributed by atoms with Crippen molar-refractivity contribution in [2.24, 2.45) is 0 Å². The topological polar surface area (TPSA) is 79.3 Å². The lowest BCUT2D eigenvalue weighted by Crippen LogP contribution is -2.08. The summed E-state index contributed by atoms with van der Waals surface area (Å²) in [7, 11) is 0. The molecule has 6 heteroatoms. The fourth-order valence-electron chi connectivity index (χ4n) is 1.91. The van der Waals surface area contributed by atoms with Crippen molar-refractivity contribution in [2.45, 2.75) is 26.2 Å². The van der Waals surface area contributed by atoms with E-state index in [1.807, 2.05) is 24.3 Å². The van der Waals surface area contributed by atoms with Crippen molar-refractivity contribution in [2.75, 3.05) is 5.32 Å². The van der Waals surface area contributed by atoms with Crippen molar-refractivity contribution >= 4 is 34.4 Å². The molecular formula is C17H18N2O3S. The molecule has 0 spiro atoms. The van der Waals surface area contributed by atoms with E-state index in [4.69, 9.17) is 5.11 Å². The minimum Gasteiger partial charge on any atom is -0.481 e. The van der Waals surface area contributed by atoms with E-state index in [9.17, 15) is 9.59 Å². The predicted molar refractivity (Wildman–Crippen MR) is 91.6 cm³/mol. The highest BCUT2D eigenvalue weighted by Gasteiger charge is 2.07. The standard InChI is InChI=1S/C17H18N2O3S/c1-11(2)13-6-3-12(4-7-13)5-8-15(20)19-17-18-14(10-23-17)9-16(21)22/h3-8,10-11H,9H2,1-2H3,(H,21,22)(H,18,19,20)/b8-5+. The number of carboxylic acids is 1. The number of carbonyl (C=O) groups is 2. The zero-order valence-corrected chi connectivity index (χ0v) is 13.8. The first-order valence-corrected chi connectivity index (χ1v) is 8.07. The second kappa shape index (κ2) is 7.69. The molecule has 2 rings (SSSR count). The van der Waals surface area contributed by atoms with Crippen molar-refractivity contribution in [1.82, 2.24) is 4.98 Å². The number of nitrogens with one attached hydrogen (secondary N) is 1. The molecule has 1 amide bonds. The summed E-state index contributed by atoms with van der Waals surface area (Å²) in [5, 5.41) is 13.3. The summed E-state index contributed by atoms with van der Waals surface area (Å²) in [4.78, 5) is 26.5. The van der Waals surface area contributed by atoms with Crippen LogP contribution in [0.15, 0.2) is 35.7 Å². The molecule has 0 unspecified atom stereocenters. The molecule has 0 saturated carbocycles. The number of carboxylic acid groups (broad SMARTS) is 1. The first-order valence-electron chi connectivity index (χ1n) is 7.19. The van der Waals surface area contributed by atoms with Crippen LogP contribution >= 0.6 is 11.3 Å². The summed E-state index contributed by atoms with van der Waals surface area (Å²) in [6.07, 6.45) is 3.01. The zero-order chi connectivity index (χ0) is 16.8. The molecule has 120 valence electrons. The Hall–Kier alpha value is -2.47. The van der Waals surface area contributed by atoms with Gasteiger partial charge in [-0.05, 0) is 23.1 Å². The molecular weight excluding hydrogens is 312 g/mol. The smallest absolute Gasteiger partial charge is 0.309 e. The number of aromatic nitrogens is 1. The van der Waals surface area contributed by atoms with Crippen molar-refractivity contribution in [3.05, 3.63) is 52.5 Å². The average molecular weight is 330 g/mol. The van der Waals surface area contributed by atoms with E-state index in [1.165, 1.54) is 23.0 Å². The number of thiazole rings is 1. The Balaban J connectivity index is 1.93. The second-order valence-electron chi connectivity index (χ2n) is 5.36. The summed E-state index contributed by atoms with van der Waals surface area (Å²) in [6, 6.07) is 8.02. The Morgan fingerprint density at radius 3 is 2.61 bits per heavy atom. The van der Waals surface area contributed by atoms with Gasteiger partial charge in [0.25, 0.3) is 0 Å².